The Bertz CT molecular complexity index is 795. The summed E-state index contributed by atoms with van der Waals surface area (Å²) in [6.45, 7) is 0.570. The number of aromatic nitrogens is 4. The summed E-state index contributed by atoms with van der Waals surface area (Å²) in [6.07, 6.45) is -3.08. The molecular formula is C14H12F3N5. The van der Waals surface area contributed by atoms with Gasteiger partial charge in [0, 0.05) is 5.56 Å². The van der Waals surface area contributed by atoms with Crippen LogP contribution in [0, 0.1) is 6.92 Å². The zero-order chi connectivity index (χ0) is 15.7. The Morgan fingerprint density at radius 2 is 1.91 bits per heavy atom. The van der Waals surface area contributed by atoms with Crippen LogP contribution in [-0.2, 0) is 0 Å². The van der Waals surface area contributed by atoms with E-state index in [9.17, 15) is 13.2 Å². The Hall–Kier alpha value is -2.64. The fraction of sp³-hybridized carbons (Fsp3) is 0.214. The molecule has 2 aromatic heterocycles. The summed E-state index contributed by atoms with van der Waals surface area (Å²) in [4.78, 5) is 8.22. The Balaban J connectivity index is 2.19. The number of hydrogen-bond acceptors (Lipinski definition) is 4. The molecule has 2 heterocycles. The average Bonchev–Trinajstić information content (AvgIpc) is 2.92. The maximum absolute atomic E-state index is 12.6. The summed E-state index contributed by atoms with van der Waals surface area (Å²) < 4.78 is 39.0. The van der Waals surface area contributed by atoms with Crippen LogP contribution in [0.1, 0.15) is 5.69 Å². The molecule has 0 unspecified atom stereocenters. The quantitative estimate of drug-likeness (QED) is 0.808. The van der Waals surface area contributed by atoms with Gasteiger partial charge in [0.25, 0.3) is 5.78 Å². The Kier molecular flexibility index (Phi) is 3.44. The molecule has 0 aliphatic heterocycles. The van der Waals surface area contributed by atoms with Crippen molar-refractivity contribution in [2.45, 2.75) is 13.1 Å². The Morgan fingerprint density at radius 3 is 2.59 bits per heavy atom. The minimum atomic E-state index is -4.34. The molecule has 0 atom stereocenters. The summed E-state index contributed by atoms with van der Waals surface area (Å²) in [5.41, 5.74) is 1.91. The first-order valence-corrected chi connectivity index (χ1v) is 6.52. The fourth-order valence-electron chi connectivity index (χ4n) is 2.25. The molecule has 22 heavy (non-hydrogen) atoms. The standard InChI is InChI=1S/C14H12F3N5/c1-9-11(10-5-3-2-4-6-10)12(18-7-14(15,16)17)22-13(21-9)19-8-20-22/h2-6,8,18H,7H2,1H3. The van der Waals surface area contributed by atoms with E-state index in [4.69, 9.17) is 0 Å². The van der Waals surface area contributed by atoms with E-state index in [0.29, 0.717) is 11.3 Å². The summed E-state index contributed by atoms with van der Waals surface area (Å²) in [6, 6.07) is 9.09. The van der Waals surface area contributed by atoms with Crippen LogP contribution in [0.3, 0.4) is 0 Å². The van der Waals surface area contributed by atoms with Gasteiger partial charge in [0.1, 0.15) is 18.7 Å². The van der Waals surface area contributed by atoms with Gasteiger partial charge in [-0.2, -0.15) is 27.8 Å². The summed E-state index contributed by atoms with van der Waals surface area (Å²) in [7, 11) is 0. The number of nitrogens with zero attached hydrogens (tertiary/aromatic N) is 4. The van der Waals surface area contributed by atoms with Crippen molar-refractivity contribution in [1.29, 1.82) is 0 Å². The third-order valence-corrected chi connectivity index (χ3v) is 3.13. The smallest absolute Gasteiger partial charge is 0.360 e. The van der Waals surface area contributed by atoms with Crippen molar-refractivity contribution < 1.29 is 13.2 Å². The molecule has 0 saturated heterocycles. The number of nitrogens with one attached hydrogen (secondary N) is 1. The van der Waals surface area contributed by atoms with Crippen LogP contribution in [0.15, 0.2) is 36.7 Å². The van der Waals surface area contributed by atoms with Gasteiger partial charge in [-0.15, -0.1) is 0 Å². The first-order chi connectivity index (χ1) is 10.5. The van der Waals surface area contributed by atoms with Gasteiger partial charge in [0.05, 0.1) is 5.69 Å². The van der Waals surface area contributed by atoms with E-state index in [1.165, 1.54) is 10.8 Å². The van der Waals surface area contributed by atoms with Crippen LogP contribution in [-0.4, -0.2) is 32.3 Å². The van der Waals surface area contributed by atoms with Crippen molar-refractivity contribution in [2.24, 2.45) is 0 Å². The highest BCUT2D eigenvalue weighted by Crippen LogP contribution is 2.31. The van der Waals surface area contributed by atoms with E-state index in [1.807, 2.05) is 30.3 Å². The second-order valence-corrected chi connectivity index (χ2v) is 4.73. The van der Waals surface area contributed by atoms with Gasteiger partial charge >= 0.3 is 6.18 Å². The zero-order valence-electron chi connectivity index (χ0n) is 11.6. The molecule has 1 aromatic carbocycles. The molecule has 114 valence electrons. The van der Waals surface area contributed by atoms with E-state index in [1.54, 1.807) is 6.92 Å². The minimum absolute atomic E-state index is 0.225. The van der Waals surface area contributed by atoms with E-state index < -0.39 is 12.7 Å². The molecule has 3 aromatic rings. The maximum atomic E-state index is 12.6. The number of benzene rings is 1. The third kappa shape index (κ3) is 2.72. The van der Waals surface area contributed by atoms with Crippen molar-refractivity contribution in [3.8, 4) is 11.1 Å². The molecule has 0 radical (unpaired) electrons. The molecular weight excluding hydrogens is 295 g/mol. The second kappa shape index (κ2) is 5.28. The van der Waals surface area contributed by atoms with E-state index >= 15 is 0 Å². The van der Waals surface area contributed by atoms with Gasteiger partial charge < -0.3 is 5.32 Å². The first kappa shape index (κ1) is 14.3. The summed E-state index contributed by atoms with van der Waals surface area (Å²) >= 11 is 0. The SMILES string of the molecule is Cc1nc2ncnn2c(NCC(F)(F)F)c1-c1ccccc1. The predicted octanol–water partition coefficient (Wildman–Crippen LogP) is 3.07. The number of aryl methyl sites for hydroxylation is 1. The van der Waals surface area contributed by atoms with Gasteiger partial charge in [-0.1, -0.05) is 30.3 Å². The van der Waals surface area contributed by atoms with Crippen molar-refractivity contribution in [1.82, 2.24) is 19.6 Å². The van der Waals surface area contributed by atoms with Crippen molar-refractivity contribution in [3.63, 3.8) is 0 Å². The normalized spacial score (nSPS) is 11.8. The minimum Gasteiger partial charge on any atom is -0.360 e. The van der Waals surface area contributed by atoms with Crippen LogP contribution < -0.4 is 5.32 Å². The summed E-state index contributed by atoms with van der Waals surface area (Å²) in [5.74, 6) is 0.477. The zero-order valence-corrected chi connectivity index (χ0v) is 11.6. The highest BCUT2D eigenvalue weighted by molar-refractivity contribution is 5.78. The van der Waals surface area contributed by atoms with E-state index in [2.05, 4.69) is 20.4 Å². The first-order valence-electron chi connectivity index (χ1n) is 6.52. The summed E-state index contributed by atoms with van der Waals surface area (Å²) in [5, 5.41) is 6.38. The lowest BCUT2D eigenvalue weighted by molar-refractivity contribution is -0.115. The topological polar surface area (TPSA) is 55.1 Å². The Morgan fingerprint density at radius 1 is 1.18 bits per heavy atom. The highest BCUT2D eigenvalue weighted by atomic mass is 19.4. The third-order valence-electron chi connectivity index (χ3n) is 3.13. The predicted molar refractivity (Wildman–Crippen MR) is 75.5 cm³/mol. The number of halogens is 3. The van der Waals surface area contributed by atoms with Crippen LogP contribution in [0.4, 0.5) is 19.0 Å². The average molecular weight is 307 g/mol. The van der Waals surface area contributed by atoms with Gasteiger partial charge in [0.2, 0.25) is 0 Å². The molecule has 8 heteroatoms. The molecule has 0 aliphatic rings. The Labute approximate surface area is 123 Å². The monoisotopic (exact) mass is 307 g/mol. The van der Waals surface area contributed by atoms with Gasteiger partial charge in [-0.25, -0.2) is 4.98 Å². The molecule has 0 saturated carbocycles. The van der Waals surface area contributed by atoms with Crippen molar-refractivity contribution in [2.75, 3.05) is 11.9 Å². The van der Waals surface area contributed by atoms with Gasteiger partial charge in [-0.3, -0.25) is 0 Å². The van der Waals surface area contributed by atoms with Crippen LogP contribution in [0.2, 0.25) is 0 Å². The molecule has 5 nitrogen and oxygen atoms in total. The molecule has 1 N–H and O–H groups in total. The van der Waals surface area contributed by atoms with Gasteiger partial charge in [-0.05, 0) is 12.5 Å². The number of rotatable bonds is 3. The largest absolute Gasteiger partial charge is 0.405 e. The number of hydrogen-bond donors (Lipinski definition) is 1. The van der Waals surface area contributed by atoms with Gasteiger partial charge in [0.15, 0.2) is 0 Å². The number of anilines is 1. The second-order valence-electron chi connectivity index (χ2n) is 4.73. The number of fused-ring (bicyclic) bond motifs is 1. The molecule has 0 aliphatic carbocycles. The molecule has 0 bridgehead atoms. The van der Waals surface area contributed by atoms with Crippen LogP contribution in [0.5, 0.6) is 0 Å². The fourth-order valence-corrected chi connectivity index (χ4v) is 2.25. The lowest BCUT2D eigenvalue weighted by atomic mass is 10.0. The molecule has 3 rings (SSSR count). The van der Waals surface area contributed by atoms with Crippen LogP contribution in [0.25, 0.3) is 16.9 Å². The lowest BCUT2D eigenvalue weighted by Gasteiger charge is -2.16. The highest BCUT2D eigenvalue weighted by Gasteiger charge is 2.28. The lowest BCUT2D eigenvalue weighted by Crippen LogP contribution is -2.23. The molecule has 0 amide bonds. The maximum Gasteiger partial charge on any atom is 0.405 e. The van der Waals surface area contributed by atoms with Crippen molar-refractivity contribution >= 4 is 11.6 Å². The van der Waals surface area contributed by atoms with E-state index in [-0.39, 0.29) is 11.6 Å². The van der Waals surface area contributed by atoms with Crippen molar-refractivity contribution in [3.05, 3.63) is 42.4 Å². The van der Waals surface area contributed by atoms with E-state index in [0.717, 1.165) is 5.56 Å². The number of alkyl halides is 3. The molecule has 0 fully saturated rings. The molecule has 0 spiro atoms. The van der Waals surface area contributed by atoms with Crippen LogP contribution >= 0.6 is 0 Å².